The first kappa shape index (κ1) is 10.4. The number of hydrogen-bond acceptors (Lipinski definition) is 4. The number of carbonyl (C=O) groups is 1. The van der Waals surface area contributed by atoms with Crippen molar-refractivity contribution in [1.29, 1.82) is 0 Å². The molecule has 1 heterocycles. The molecule has 0 saturated heterocycles. The van der Waals surface area contributed by atoms with E-state index in [0.717, 1.165) is 0 Å². The third-order valence-electron chi connectivity index (χ3n) is 1.84. The van der Waals surface area contributed by atoms with E-state index in [1.54, 1.807) is 0 Å². The van der Waals surface area contributed by atoms with Crippen molar-refractivity contribution in [2.75, 3.05) is 6.54 Å². The second-order valence-corrected chi connectivity index (χ2v) is 2.82. The molecule has 0 spiro atoms. The molecule has 0 aliphatic carbocycles. The van der Waals surface area contributed by atoms with E-state index in [9.17, 15) is 9.59 Å². The Kier molecular flexibility index (Phi) is 3.00. The lowest BCUT2D eigenvalue weighted by Gasteiger charge is -2.08. The van der Waals surface area contributed by atoms with Gasteiger partial charge in [-0.25, -0.2) is 4.79 Å². The number of H-pyrrole nitrogens is 1. The van der Waals surface area contributed by atoms with Crippen LogP contribution in [0.5, 0.6) is 0 Å². The topological polar surface area (TPSA) is 122 Å². The molecule has 0 amide bonds. The fourth-order valence-corrected chi connectivity index (χ4v) is 1.01. The van der Waals surface area contributed by atoms with Crippen molar-refractivity contribution in [3.8, 4) is 0 Å². The normalized spacial score (nSPS) is 12.4. The number of pyridine rings is 1. The number of carboxylic acid groups (broad SMARTS) is 1. The molecule has 0 radical (unpaired) electrons. The lowest BCUT2D eigenvalue weighted by molar-refractivity contribution is 0.0695. The number of nitrogens with one attached hydrogen (secondary N) is 1. The predicted octanol–water partition coefficient (Wildman–Crippen LogP) is -0.968. The van der Waals surface area contributed by atoms with E-state index in [-0.39, 0.29) is 12.1 Å². The lowest BCUT2D eigenvalue weighted by atomic mass is 10.1. The number of rotatable bonds is 3. The average molecular weight is 197 g/mol. The highest BCUT2D eigenvalue weighted by atomic mass is 16.4. The minimum Gasteiger partial charge on any atom is -0.477 e. The quantitative estimate of drug-likeness (QED) is 0.496. The predicted molar refractivity (Wildman–Crippen MR) is 50.0 cm³/mol. The second-order valence-electron chi connectivity index (χ2n) is 2.82. The number of aromatic carboxylic acids is 1. The van der Waals surface area contributed by atoms with Gasteiger partial charge in [-0.15, -0.1) is 0 Å². The Morgan fingerprint density at radius 3 is 2.79 bits per heavy atom. The van der Waals surface area contributed by atoms with Crippen molar-refractivity contribution < 1.29 is 9.90 Å². The molecule has 6 N–H and O–H groups in total. The van der Waals surface area contributed by atoms with E-state index in [1.165, 1.54) is 12.3 Å². The number of nitrogens with two attached hydrogens (primary N) is 2. The second kappa shape index (κ2) is 4.03. The molecule has 0 fully saturated rings. The Hall–Kier alpha value is -1.66. The molecule has 14 heavy (non-hydrogen) atoms. The lowest BCUT2D eigenvalue weighted by Crippen LogP contribution is -2.24. The zero-order valence-electron chi connectivity index (χ0n) is 7.36. The summed E-state index contributed by atoms with van der Waals surface area (Å²) in [5, 5.41) is 8.65. The van der Waals surface area contributed by atoms with Crippen molar-refractivity contribution in [1.82, 2.24) is 4.98 Å². The number of carboxylic acids is 1. The van der Waals surface area contributed by atoms with E-state index in [1.807, 2.05) is 0 Å². The van der Waals surface area contributed by atoms with Crippen LogP contribution in [0.1, 0.15) is 22.0 Å². The standard InChI is InChI=1S/C8H11N3O3/c9-2-6(10)4-1-5(8(13)14)7(12)11-3-4/h1,3,6H,2,9-10H2,(H,11,12)(H,13,14)/t6-/m0/s1. The van der Waals surface area contributed by atoms with Gasteiger partial charge in [-0.2, -0.15) is 0 Å². The van der Waals surface area contributed by atoms with Gasteiger partial charge in [0.2, 0.25) is 0 Å². The summed E-state index contributed by atoms with van der Waals surface area (Å²) >= 11 is 0. The SMILES string of the molecule is NC[C@H](N)c1c[nH]c(=O)c(C(=O)O)c1. The first-order valence-corrected chi connectivity index (χ1v) is 3.98. The third kappa shape index (κ3) is 1.98. The maximum atomic E-state index is 11.0. The van der Waals surface area contributed by atoms with Crippen molar-refractivity contribution in [2.45, 2.75) is 6.04 Å². The summed E-state index contributed by atoms with van der Waals surface area (Å²) in [6, 6.07) is 0.767. The number of aromatic amines is 1. The molecule has 76 valence electrons. The third-order valence-corrected chi connectivity index (χ3v) is 1.84. The Labute approximate surface area is 79.5 Å². The van der Waals surface area contributed by atoms with Crippen LogP contribution in [0.3, 0.4) is 0 Å². The summed E-state index contributed by atoms with van der Waals surface area (Å²) in [7, 11) is 0. The summed E-state index contributed by atoms with van der Waals surface area (Å²) in [6.45, 7) is 0.186. The largest absolute Gasteiger partial charge is 0.477 e. The summed E-state index contributed by atoms with van der Waals surface area (Å²) < 4.78 is 0. The molecular formula is C8H11N3O3. The van der Waals surface area contributed by atoms with Gasteiger partial charge in [-0.3, -0.25) is 4.79 Å². The highest BCUT2D eigenvalue weighted by Gasteiger charge is 2.11. The van der Waals surface area contributed by atoms with Crippen LogP contribution in [-0.4, -0.2) is 22.6 Å². The van der Waals surface area contributed by atoms with E-state index in [0.29, 0.717) is 5.56 Å². The van der Waals surface area contributed by atoms with Gasteiger partial charge in [0, 0.05) is 18.8 Å². The van der Waals surface area contributed by atoms with Crippen LogP contribution in [0.25, 0.3) is 0 Å². The minimum atomic E-state index is -1.28. The van der Waals surface area contributed by atoms with Crippen molar-refractivity contribution >= 4 is 5.97 Å². The smallest absolute Gasteiger partial charge is 0.341 e. The van der Waals surface area contributed by atoms with Crippen LogP contribution >= 0.6 is 0 Å². The van der Waals surface area contributed by atoms with Gasteiger partial charge in [-0.1, -0.05) is 0 Å². The molecule has 0 aromatic carbocycles. The van der Waals surface area contributed by atoms with Gasteiger partial charge >= 0.3 is 5.97 Å². The Morgan fingerprint density at radius 1 is 1.64 bits per heavy atom. The van der Waals surface area contributed by atoms with Crippen molar-refractivity contribution in [2.24, 2.45) is 11.5 Å². The fourth-order valence-electron chi connectivity index (χ4n) is 1.01. The molecule has 1 atom stereocenters. The molecule has 0 saturated carbocycles. The molecule has 0 bridgehead atoms. The zero-order chi connectivity index (χ0) is 10.7. The van der Waals surface area contributed by atoms with Crippen LogP contribution in [0.2, 0.25) is 0 Å². The highest BCUT2D eigenvalue weighted by molar-refractivity contribution is 5.87. The molecule has 6 nitrogen and oxygen atoms in total. The van der Waals surface area contributed by atoms with Gasteiger partial charge in [0.25, 0.3) is 5.56 Å². The van der Waals surface area contributed by atoms with E-state index < -0.39 is 17.6 Å². The molecular weight excluding hydrogens is 186 g/mol. The number of aromatic nitrogens is 1. The van der Waals surface area contributed by atoms with Crippen molar-refractivity contribution in [3.63, 3.8) is 0 Å². The molecule has 1 aromatic heterocycles. The van der Waals surface area contributed by atoms with Gasteiger partial charge in [0.05, 0.1) is 0 Å². The van der Waals surface area contributed by atoms with Crippen LogP contribution in [0, 0.1) is 0 Å². The van der Waals surface area contributed by atoms with E-state index in [4.69, 9.17) is 16.6 Å². The van der Waals surface area contributed by atoms with Gasteiger partial charge in [-0.05, 0) is 11.6 Å². The first-order valence-electron chi connectivity index (χ1n) is 3.98. The van der Waals surface area contributed by atoms with Gasteiger partial charge < -0.3 is 21.6 Å². The summed E-state index contributed by atoms with van der Waals surface area (Å²) in [5.74, 6) is -1.28. The molecule has 1 rings (SSSR count). The molecule has 6 heteroatoms. The Morgan fingerprint density at radius 2 is 2.29 bits per heavy atom. The Bertz CT molecular complexity index is 399. The van der Waals surface area contributed by atoms with Crippen molar-refractivity contribution in [3.05, 3.63) is 33.7 Å². The Balaban J connectivity index is 3.19. The van der Waals surface area contributed by atoms with Crippen LogP contribution in [0.15, 0.2) is 17.1 Å². The van der Waals surface area contributed by atoms with E-state index >= 15 is 0 Å². The van der Waals surface area contributed by atoms with Crippen LogP contribution < -0.4 is 17.0 Å². The number of hydrogen-bond donors (Lipinski definition) is 4. The fraction of sp³-hybridized carbons (Fsp3) is 0.250. The minimum absolute atomic E-state index is 0.186. The van der Waals surface area contributed by atoms with E-state index in [2.05, 4.69) is 4.98 Å². The zero-order valence-corrected chi connectivity index (χ0v) is 7.36. The average Bonchev–Trinajstić information content (AvgIpc) is 2.17. The summed E-state index contributed by atoms with van der Waals surface area (Å²) in [5.41, 5.74) is 10.4. The van der Waals surface area contributed by atoms with Crippen LogP contribution in [-0.2, 0) is 0 Å². The van der Waals surface area contributed by atoms with Gasteiger partial charge in [0.15, 0.2) is 0 Å². The molecule has 0 unspecified atom stereocenters. The molecule has 1 aromatic rings. The monoisotopic (exact) mass is 197 g/mol. The molecule has 0 aliphatic rings. The highest BCUT2D eigenvalue weighted by Crippen LogP contribution is 2.06. The summed E-state index contributed by atoms with van der Waals surface area (Å²) in [6.07, 6.45) is 1.37. The summed E-state index contributed by atoms with van der Waals surface area (Å²) in [4.78, 5) is 23.9. The van der Waals surface area contributed by atoms with Gasteiger partial charge in [0.1, 0.15) is 5.56 Å². The maximum absolute atomic E-state index is 11.0. The molecule has 0 aliphatic heterocycles. The maximum Gasteiger partial charge on any atom is 0.341 e. The van der Waals surface area contributed by atoms with Crippen LogP contribution in [0.4, 0.5) is 0 Å². The first-order chi connectivity index (χ1) is 6.56.